The molecule has 1 saturated heterocycles. The van der Waals surface area contributed by atoms with Crippen LogP contribution in [-0.4, -0.2) is 49.1 Å². The number of rotatable bonds is 4. The summed E-state index contributed by atoms with van der Waals surface area (Å²) in [7, 11) is 1.64. The molecular formula is C22H24ClN3O2S. The van der Waals surface area contributed by atoms with E-state index in [9.17, 15) is 4.79 Å². The molecule has 1 amide bonds. The molecule has 2 aromatic carbocycles. The molecule has 0 bridgehead atoms. The maximum atomic E-state index is 12.8. The van der Waals surface area contributed by atoms with Gasteiger partial charge in [0.25, 0.3) is 0 Å². The van der Waals surface area contributed by atoms with Crippen molar-refractivity contribution >= 4 is 44.2 Å². The van der Waals surface area contributed by atoms with Gasteiger partial charge in [0, 0.05) is 26.2 Å². The minimum atomic E-state index is 0.187. The lowest BCUT2D eigenvalue weighted by molar-refractivity contribution is -0.130. The van der Waals surface area contributed by atoms with E-state index in [1.165, 1.54) is 11.1 Å². The molecule has 3 aromatic rings. The predicted octanol–water partition coefficient (Wildman–Crippen LogP) is 4.47. The van der Waals surface area contributed by atoms with Gasteiger partial charge >= 0.3 is 0 Å². The van der Waals surface area contributed by atoms with Crippen molar-refractivity contribution in [3.63, 3.8) is 0 Å². The Morgan fingerprint density at radius 2 is 1.93 bits per heavy atom. The number of piperazine rings is 1. The molecule has 0 spiro atoms. The van der Waals surface area contributed by atoms with E-state index >= 15 is 0 Å². The van der Waals surface area contributed by atoms with Gasteiger partial charge in [-0.05, 0) is 37.1 Å². The molecule has 4 rings (SSSR count). The summed E-state index contributed by atoms with van der Waals surface area (Å²) in [6.07, 6.45) is 0.460. The minimum absolute atomic E-state index is 0.187. The molecule has 0 saturated carbocycles. The fourth-order valence-electron chi connectivity index (χ4n) is 3.65. The second-order valence-corrected chi connectivity index (χ2v) is 8.78. The standard InChI is InChI=1S/C22H24ClN3O2S/c1-14-4-5-15(2)16(12-14)13-19(27)25-8-10-26(11-9-25)22-24-20-18(28-3)7-6-17(23)21(20)29-22/h4-7,12H,8-11,13H2,1-3H3. The molecule has 0 aliphatic carbocycles. The van der Waals surface area contributed by atoms with Crippen LogP contribution >= 0.6 is 22.9 Å². The summed E-state index contributed by atoms with van der Waals surface area (Å²) in [5.74, 6) is 0.918. The van der Waals surface area contributed by atoms with Gasteiger partial charge in [-0.2, -0.15) is 0 Å². The molecule has 0 unspecified atom stereocenters. The number of hydrogen-bond acceptors (Lipinski definition) is 5. The van der Waals surface area contributed by atoms with Crippen molar-refractivity contribution in [3.05, 3.63) is 52.0 Å². The van der Waals surface area contributed by atoms with Crippen LogP contribution in [0.3, 0.4) is 0 Å². The third-order valence-electron chi connectivity index (χ3n) is 5.42. The molecule has 5 nitrogen and oxygen atoms in total. The molecular weight excluding hydrogens is 406 g/mol. The third kappa shape index (κ3) is 4.05. The Hall–Kier alpha value is -2.31. The van der Waals surface area contributed by atoms with Crippen LogP contribution in [0.1, 0.15) is 16.7 Å². The average molecular weight is 430 g/mol. The summed E-state index contributed by atoms with van der Waals surface area (Å²) in [4.78, 5) is 21.7. The van der Waals surface area contributed by atoms with Crippen LogP contribution < -0.4 is 9.64 Å². The van der Waals surface area contributed by atoms with Crippen LogP contribution in [0.25, 0.3) is 10.2 Å². The van der Waals surface area contributed by atoms with Crippen molar-refractivity contribution in [2.45, 2.75) is 20.3 Å². The number of nitrogens with zero attached hydrogens (tertiary/aromatic N) is 3. The van der Waals surface area contributed by atoms with Crippen molar-refractivity contribution in [1.29, 1.82) is 0 Å². The van der Waals surface area contributed by atoms with Gasteiger partial charge in [0.2, 0.25) is 5.91 Å². The monoisotopic (exact) mass is 429 g/mol. The second-order valence-electron chi connectivity index (χ2n) is 7.40. The number of halogens is 1. The molecule has 1 aliphatic rings. The number of methoxy groups -OCH3 is 1. The number of fused-ring (bicyclic) bond motifs is 1. The van der Waals surface area contributed by atoms with Gasteiger partial charge in [0.1, 0.15) is 11.3 Å². The van der Waals surface area contributed by atoms with Gasteiger partial charge in [-0.25, -0.2) is 4.98 Å². The number of carbonyl (C=O) groups excluding carboxylic acids is 1. The lowest BCUT2D eigenvalue weighted by atomic mass is 10.0. The summed E-state index contributed by atoms with van der Waals surface area (Å²) in [5, 5.41) is 1.61. The van der Waals surface area contributed by atoms with Crippen molar-refractivity contribution in [1.82, 2.24) is 9.88 Å². The number of aryl methyl sites for hydroxylation is 2. The van der Waals surface area contributed by atoms with E-state index in [1.807, 2.05) is 17.0 Å². The SMILES string of the molecule is COc1ccc(Cl)c2sc(N3CCN(C(=O)Cc4cc(C)ccc4C)CC3)nc12. The molecule has 0 atom stereocenters. The summed E-state index contributed by atoms with van der Waals surface area (Å²) in [6, 6.07) is 9.97. The highest BCUT2D eigenvalue weighted by atomic mass is 35.5. The summed E-state index contributed by atoms with van der Waals surface area (Å²) < 4.78 is 6.36. The fraction of sp³-hybridized carbons (Fsp3) is 0.364. The number of thiazole rings is 1. The van der Waals surface area contributed by atoms with E-state index in [4.69, 9.17) is 21.3 Å². The lowest BCUT2D eigenvalue weighted by Gasteiger charge is -2.34. The molecule has 1 aromatic heterocycles. The number of anilines is 1. The molecule has 1 aliphatic heterocycles. The number of carbonyl (C=O) groups is 1. The molecule has 0 N–H and O–H groups in total. The first kappa shape index (κ1) is 20.0. The first-order valence-electron chi connectivity index (χ1n) is 9.68. The highest BCUT2D eigenvalue weighted by Gasteiger charge is 2.24. The van der Waals surface area contributed by atoms with Crippen molar-refractivity contribution < 1.29 is 9.53 Å². The normalized spacial score (nSPS) is 14.5. The van der Waals surface area contributed by atoms with Crippen molar-refractivity contribution in [2.24, 2.45) is 0 Å². The van der Waals surface area contributed by atoms with Gasteiger partial charge in [-0.15, -0.1) is 0 Å². The zero-order chi connectivity index (χ0) is 20.5. The number of ether oxygens (including phenoxy) is 1. The van der Waals surface area contributed by atoms with Gasteiger partial charge in [0.05, 0.1) is 23.3 Å². The van der Waals surface area contributed by atoms with E-state index in [2.05, 4.69) is 36.9 Å². The molecule has 152 valence electrons. The minimum Gasteiger partial charge on any atom is -0.494 e. The van der Waals surface area contributed by atoms with E-state index < -0.39 is 0 Å². The molecule has 29 heavy (non-hydrogen) atoms. The van der Waals surface area contributed by atoms with E-state index in [0.717, 1.165) is 39.8 Å². The van der Waals surface area contributed by atoms with Crippen molar-refractivity contribution in [2.75, 3.05) is 38.2 Å². The summed E-state index contributed by atoms with van der Waals surface area (Å²) >= 11 is 7.92. The Bertz CT molecular complexity index is 1060. The Kier molecular flexibility index (Phi) is 5.65. The summed E-state index contributed by atoms with van der Waals surface area (Å²) in [5.41, 5.74) is 4.27. The van der Waals surface area contributed by atoms with Crippen LogP contribution in [0.2, 0.25) is 5.02 Å². The van der Waals surface area contributed by atoms with E-state index in [0.29, 0.717) is 24.5 Å². The molecule has 1 fully saturated rings. The van der Waals surface area contributed by atoms with Gasteiger partial charge < -0.3 is 14.5 Å². The largest absolute Gasteiger partial charge is 0.494 e. The topological polar surface area (TPSA) is 45.7 Å². The number of hydrogen-bond donors (Lipinski definition) is 0. The van der Waals surface area contributed by atoms with Crippen LogP contribution in [0.5, 0.6) is 5.75 Å². The Morgan fingerprint density at radius 1 is 1.17 bits per heavy atom. The summed E-state index contributed by atoms with van der Waals surface area (Å²) in [6.45, 7) is 7.05. The van der Waals surface area contributed by atoms with Gasteiger partial charge in [-0.1, -0.05) is 46.7 Å². The van der Waals surface area contributed by atoms with Gasteiger partial charge in [0.15, 0.2) is 5.13 Å². The number of aromatic nitrogens is 1. The first-order valence-corrected chi connectivity index (χ1v) is 10.9. The quantitative estimate of drug-likeness (QED) is 0.614. The van der Waals surface area contributed by atoms with Crippen LogP contribution in [-0.2, 0) is 11.2 Å². The third-order valence-corrected chi connectivity index (χ3v) is 6.99. The highest BCUT2D eigenvalue weighted by Crippen LogP contribution is 2.38. The Labute approximate surface area is 179 Å². The first-order chi connectivity index (χ1) is 14.0. The highest BCUT2D eigenvalue weighted by molar-refractivity contribution is 7.22. The lowest BCUT2D eigenvalue weighted by Crippen LogP contribution is -2.49. The Morgan fingerprint density at radius 3 is 2.66 bits per heavy atom. The maximum absolute atomic E-state index is 12.8. The number of amides is 1. The fourth-order valence-corrected chi connectivity index (χ4v) is 4.96. The molecule has 2 heterocycles. The van der Waals surface area contributed by atoms with Gasteiger partial charge in [-0.3, -0.25) is 4.79 Å². The zero-order valence-electron chi connectivity index (χ0n) is 16.9. The maximum Gasteiger partial charge on any atom is 0.227 e. The second kappa shape index (κ2) is 8.20. The average Bonchev–Trinajstić information content (AvgIpc) is 3.17. The van der Waals surface area contributed by atoms with Crippen LogP contribution in [0.4, 0.5) is 5.13 Å². The predicted molar refractivity (Wildman–Crippen MR) is 120 cm³/mol. The van der Waals surface area contributed by atoms with Crippen LogP contribution in [0.15, 0.2) is 30.3 Å². The number of benzene rings is 2. The molecule has 0 radical (unpaired) electrons. The van der Waals surface area contributed by atoms with Crippen molar-refractivity contribution in [3.8, 4) is 5.75 Å². The van der Waals surface area contributed by atoms with Crippen LogP contribution in [0, 0.1) is 13.8 Å². The smallest absolute Gasteiger partial charge is 0.227 e. The van der Waals surface area contributed by atoms with E-state index in [1.54, 1.807) is 18.4 Å². The zero-order valence-corrected chi connectivity index (χ0v) is 18.4. The molecule has 7 heteroatoms. The Balaban J connectivity index is 1.44. The van der Waals surface area contributed by atoms with E-state index in [-0.39, 0.29) is 5.91 Å².